The molecule has 1 heterocycles. The van der Waals surface area contributed by atoms with Crippen molar-refractivity contribution in [2.24, 2.45) is 0 Å². The van der Waals surface area contributed by atoms with Gasteiger partial charge in [-0.05, 0) is 24.1 Å². The highest BCUT2D eigenvalue weighted by molar-refractivity contribution is 9.10. The number of rotatable bonds is 3. The third kappa shape index (κ3) is 2.36. The minimum atomic E-state index is 0.314. The molecule has 1 aromatic heterocycles. The average Bonchev–Trinajstić information content (AvgIpc) is 2.70. The summed E-state index contributed by atoms with van der Waals surface area (Å²) in [4.78, 5) is 0. The van der Waals surface area contributed by atoms with Crippen LogP contribution >= 0.6 is 15.9 Å². The first-order valence-electron chi connectivity index (χ1n) is 5.64. The number of benzene rings is 1. The lowest BCUT2D eigenvalue weighted by atomic mass is 9.97. The summed E-state index contributed by atoms with van der Waals surface area (Å²) in [6, 6.07) is 8.00. The molecule has 0 bridgehead atoms. The summed E-state index contributed by atoms with van der Waals surface area (Å²) in [7, 11) is 0. The number of hydrogen-bond acceptors (Lipinski definition) is 3. The third-order valence-electron chi connectivity index (χ3n) is 2.92. The molecular formula is C13H15BrN2O. The molecule has 0 saturated heterocycles. The molecule has 1 aromatic carbocycles. The summed E-state index contributed by atoms with van der Waals surface area (Å²) in [6.45, 7) is 4.23. The maximum absolute atomic E-state index is 5.90. The number of nitrogens with two attached hydrogens (primary N) is 1. The topological polar surface area (TPSA) is 52.0 Å². The van der Waals surface area contributed by atoms with Crippen LogP contribution in [0.1, 0.15) is 31.9 Å². The maximum atomic E-state index is 5.90. The normalized spacial score (nSPS) is 12.6. The molecule has 2 aromatic rings. The van der Waals surface area contributed by atoms with E-state index < -0.39 is 0 Å². The summed E-state index contributed by atoms with van der Waals surface area (Å²) in [5.41, 5.74) is 7.85. The molecule has 1 atom stereocenters. The average molecular weight is 295 g/mol. The second kappa shape index (κ2) is 4.92. The van der Waals surface area contributed by atoms with Crippen molar-refractivity contribution in [2.75, 3.05) is 5.73 Å². The van der Waals surface area contributed by atoms with Crippen LogP contribution in [0.15, 0.2) is 33.3 Å². The van der Waals surface area contributed by atoms with Gasteiger partial charge in [-0.1, -0.05) is 47.1 Å². The van der Waals surface area contributed by atoms with Gasteiger partial charge in [-0.15, -0.1) is 0 Å². The fraction of sp³-hybridized carbons (Fsp3) is 0.308. The number of hydrogen-bond donors (Lipinski definition) is 1. The second-order valence-electron chi connectivity index (χ2n) is 4.13. The van der Waals surface area contributed by atoms with E-state index in [1.807, 2.05) is 24.3 Å². The maximum Gasteiger partial charge on any atom is 0.175 e. The lowest BCUT2D eigenvalue weighted by Crippen LogP contribution is -1.94. The van der Waals surface area contributed by atoms with Crippen molar-refractivity contribution in [3.63, 3.8) is 0 Å². The zero-order valence-corrected chi connectivity index (χ0v) is 11.5. The van der Waals surface area contributed by atoms with Crippen molar-refractivity contribution in [1.82, 2.24) is 5.16 Å². The molecule has 0 fully saturated rings. The van der Waals surface area contributed by atoms with Crippen molar-refractivity contribution >= 4 is 21.7 Å². The molecule has 3 nitrogen and oxygen atoms in total. The zero-order chi connectivity index (χ0) is 12.4. The van der Waals surface area contributed by atoms with Gasteiger partial charge in [-0.25, -0.2) is 0 Å². The largest absolute Gasteiger partial charge is 0.380 e. The Kier molecular flexibility index (Phi) is 3.52. The lowest BCUT2D eigenvalue weighted by molar-refractivity contribution is 0.366. The number of nitrogens with zero attached hydrogens (tertiary/aromatic N) is 1. The van der Waals surface area contributed by atoms with Crippen LogP contribution in [0.5, 0.6) is 0 Å². The Morgan fingerprint density at radius 2 is 2.24 bits per heavy atom. The van der Waals surface area contributed by atoms with E-state index >= 15 is 0 Å². The SMILES string of the molecule is CCC(C)c1onc(N)c1-c1cccc(Br)c1. The van der Waals surface area contributed by atoms with Gasteiger partial charge in [0.15, 0.2) is 5.82 Å². The van der Waals surface area contributed by atoms with E-state index in [4.69, 9.17) is 10.3 Å². The molecule has 0 saturated carbocycles. The molecular weight excluding hydrogens is 280 g/mol. The summed E-state index contributed by atoms with van der Waals surface area (Å²) >= 11 is 3.46. The molecule has 0 amide bonds. The molecule has 4 heteroatoms. The molecule has 1 unspecified atom stereocenters. The van der Waals surface area contributed by atoms with Crippen molar-refractivity contribution in [2.45, 2.75) is 26.2 Å². The first-order chi connectivity index (χ1) is 8.13. The number of aromatic nitrogens is 1. The monoisotopic (exact) mass is 294 g/mol. The molecule has 0 aliphatic heterocycles. The van der Waals surface area contributed by atoms with Crippen molar-refractivity contribution in [3.8, 4) is 11.1 Å². The summed E-state index contributed by atoms with van der Waals surface area (Å²) in [5, 5.41) is 3.88. The Morgan fingerprint density at radius 1 is 1.47 bits per heavy atom. The van der Waals surface area contributed by atoms with Crippen LogP contribution < -0.4 is 5.73 Å². The van der Waals surface area contributed by atoms with Gasteiger partial charge < -0.3 is 10.3 Å². The Balaban J connectivity index is 2.54. The Labute approximate surface area is 109 Å². The Morgan fingerprint density at radius 3 is 2.88 bits per heavy atom. The molecule has 0 radical (unpaired) electrons. The van der Waals surface area contributed by atoms with Crippen LogP contribution in [0.3, 0.4) is 0 Å². The molecule has 17 heavy (non-hydrogen) atoms. The van der Waals surface area contributed by atoms with E-state index in [1.54, 1.807) is 0 Å². The predicted octanol–water partition coefficient (Wildman–Crippen LogP) is 4.20. The number of anilines is 1. The fourth-order valence-corrected chi connectivity index (χ4v) is 2.17. The van der Waals surface area contributed by atoms with Crippen molar-refractivity contribution in [1.29, 1.82) is 0 Å². The molecule has 90 valence electrons. The molecule has 0 aliphatic rings. The minimum absolute atomic E-state index is 0.314. The standard InChI is InChI=1S/C13H15BrN2O/c1-3-8(2)12-11(13(15)16-17-12)9-5-4-6-10(14)7-9/h4-8H,3H2,1-2H3,(H2,15,16). The van der Waals surface area contributed by atoms with Gasteiger partial charge in [-0.3, -0.25) is 0 Å². The van der Waals surface area contributed by atoms with E-state index in [0.717, 1.165) is 27.8 Å². The van der Waals surface area contributed by atoms with E-state index in [9.17, 15) is 0 Å². The van der Waals surface area contributed by atoms with Gasteiger partial charge in [0, 0.05) is 10.4 Å². The van der Waals surface area contributed by atoms with Crippen LogP contribution in [0.2, 0.25) is 0 Å². The molecule has 2 rings (SSSR count). The van der Waals surface area contributed by atoms with E-state index in [1.165, 1.54) is 0 Å². The van der Waals surface area contributed by atoms with Gasteiger partial charge >= 0.3 is 0 Å². The molecule has 0 spiro atoms. The van der Waals surface area contributed by atoms with Crippen LogP contribution in [0, 0.1) is 0 Å². The highest BCUT2D eigenvalue weighted by Crippen LogP contribution is 2.36. The third-order valence-corrected chi connectivity index (χ3v) is 3.41. The van der Waals surface area contributed by atoms with E-state index in [0.29, 0.717) is 11.7 Å². The van der Waals surface area contributed by atoms with Crippen LogP contribution in [0.25, 0.3) is 11.1 Å². The Hall–Kier alpha value is -1.29. The Bertz CT molecular complexity index is 522. The highest BCUT2D eigenvalue weighted by Gasteiger charge is 2.19. The van der Waals surface area contributed by atoms with Crippen LogP contribution in [0.4, 0.5) is 5.82 Å². The smallest absolute Gasteiger partial charge is 0.175 e. The molecule has 0 aliphatic carbocycles. The van der Waals surface area contributed by atoms with Gasteiger partial charge in [0.05, 0.1) is 5.56 Å². The van der Waals surface area contributed by atoms with Crippen LogP contribution in [-0.4, -0.2) is 5.16 Å². The lowest BCUT2D eigenvalue weighted by Gasteiger charge is -2.07. The van der Waals surface area contributed by atoms with Crippen molar-refractivity contribution < 1.29 is 4.52 Å². The van der Waals surface area contributed by atoms with Crippen LogP contribution in [-0.2, 0) is 0 Å². The van der Waals surface area contributed by atoms with E-state index in [-0.39, 0.29) is 0 Å². The summed E-state index contributed by atoms with van der Waals surface area (Å²) < 4.78 is 6.37. The first kappa shape index (κ1) is 12.2. The minimum Gasteiger partial charge on any atom is -0.380 e. The molecule has 2 N–H and O–H groups in total. The first-order valence-corrected chi connectivity index (χ1v) is 6.43. The number of nitrogen functional groups attached to an aromatic ring is 1. The quantitative estimate of drug-likeness (QED) is 0.923. The second-order valence-corrected chi connectivity index (χ2v) is 5.04. The summed E-state index contributed by atoms with van der Waals surface area (Å²) in [5.74, 6) is 1.63. The number of halogens is 1. The summed E-state index contributed by atoms with van der Waals surface area (Å²) in [6.07, 6.45) is 0.996. The van der Waals surface area contributed by atoms with Gasteiger partial charge in [0.1, 0.15) is 5.76 Å². The van der Waals surface area contributed by atoms with Gasteiger partial charge in [-0.2, -0.15) is 0 Å². The highest BCUT2D eigenvalue weighted by atomic mass is 79.9. The predicted molar refractivity (Wildman–Crippen MR) is 72.8 cm³/mol. The van der Waals surface area contributed by atoms with E-state index in [2.05, 4.69) is 34.9 Å². The van der Waals surface area contributed by atoms with Gasteiger partial charge in [0.2, 0.25) is 0 Å². The van der Waals surface area contributed by atoms with Gasteiger partial charge in [0.25, 0.3) is 0 Å². The zero-order valence-electron chi connectivity index (χ0n) is 9.90. The van der Waals surface area contributed by atoms with Crippen molar-refractivity contribution in [3.05, 3.63) is 34.5 Å². The fourth-order valence-electron chi connectivity index (χ4n) is 1.77.